The molecular weight excluding hydrogens is 208 g/mol. The predicted octanol–water partition coefficient (Wildman–Crippen LogP) is -0.182. The molecule has 16 heavy (non-hydrogen) atoms. The Morgan fingerprint density at radius 1 is 1.31 bits per heavy atom. The lowest BCUT2D eigenvalue weighted by Gasteiger charge is -2.03. The summed E-state index contributed by atoms with van der Waals surface area (Å²) < 4.78 is 3.24. The summed E-state index contributed by atoms with van der Waals surface area (Å²) in [7, 11) is 1.80. The van der Waals surface area contributed by atoms with Crippen molar-refractivity contribution in [3.63, 3.8) is 0 Å². The van der Waals surface area contributed by atoms with E-state index in [2.05, 4.69) is 20.2 Å². The molecule has 0 spiro atoms. The van der Waals surface area contributed by atoms with Crippen molar-refractivity contribution in [2.24, 2.45) is 7.05 Å². The number of rotatable bonds is 1. The summed E-state index contributed by atoms with van der Waals surface area (Å²) in [5.74, 6) is 0.420. The number of H-pyrrole nitrogens is 1. The quantitative estimate of drug-likeness (QED) is 0.611. The lowest BCUT2D eigenvalue weighted by molar-refractivity contribution is 0.766. The summed E-state index contributed by atoms with van der Waals surface area (Å²) in [6.07, 6.45) is 3.06. The van der Waals surface area contributed by atoms with E-state index in [-0.39, 0.29) is 5.56 Å². The number of aromatic amines is 1. The normalized spacial score (nSPS) is 11.1. The zero-order chi connectivity index (χ0) is 11.1. The fraction of sp³-hybridized carbons (Fsp3) is 0.111. The van der Waals surface area contributed by atoms with Gasteiger partial charge in [-0.15, -0.1) is 0 Å². The first kappa shape index (κ1) is 8.84. The Morgan fingerprint density at radius 3 is 2.94 bits per heavy atom. The molecular formula is C9H8N6O. The van der Waals surface area contributed by atoms with Gasteiger partial charge in [-0.25, -0.2) is 0 Å². The largest absolute Gasteiger partial charge is 0.291 e. The minimum absolute atomic E-state index is 0.211. The van der Waals surface area contributed by atoms with Crippen LogP contribution in [0.2, 0.25) is 0 Å². The molecule has 3 heterocycles. The van der Waals surface area contributed by atoms with Crippen LogP contribution in [0.4, 0.5) is 0 Å². The van der Waals surface area contributed by atoms with Gasteiger partial charge in [0.25, 0.3) is 5.56 Å². The SMILES string of the molecule is Cn1nccc1-c1cc(=O)[nH]c2ncnn12. The molecule has 0 amide bonds. The van der Waals surface area contributed by atoms with Gasteiger partial charge in [-0.1, -0.05) is 0 Å². The molecule has 3 aromatic rings. The van der Waals surface area contributed by atoms with Crippen molar-refractivity contribution in [3.8, 4) is 11.4 Å². The van der Waals surface area contributed by atoms with Gasteiger partial charge in [0.05, 0.1) is 11.4 Å². The van der Waals surface area contributed by atoms with Crippen LogP contribution in [0.25, 0.3) is 17.2 Å². The second kappa shape index (κ2) is 3.02. The molecule has 0 radical (unpaired) electrons. The van der Waals surface area contributed by atoms with E-state index in [1.54, 1.807) is 22.4 Å². The van der Waals surface area contributed by atoms with Crippen molar-refractivity contribution in [3.05, 3.63) is 35.0 Å². The molecule has 0 bridgehead atoms. The van der Waals surface area contributed by atoms with Crippen LogP contribution >= 0.6 is 0 Å². The summed E-state index contributed by atoms with van der Waals surface area (Å²) in [6, 6.07) is 3.29. The van der Waals surface area contributed by atoms with Crippen LogP contribution < -0.4 is 5.56 Å². The maximum Gasteiger partial charge on any atom is 0.252 e. The van der Waals surface area contributed by atoms with E-state index in [0.29, 0.717) is 11.5 Å². The minimum atomic E-state index is -0.211. The fourth-order valence-electron chi connectivity index (χ4n) is 1.64. The average molecular weight is 216 g/mol. The van der Waals surface area contributed by atoms with Gasteiger partial charge < -0.3 is 0 Å². The smallest absolute Gasteiger partial charge is 0.252 e. The van der Waals surface area contributed by atoms with Crippen LogP contribution in [0.5, 0.6) is 0 Å². The standard InChI is InChI=1S/C9H8N6O/c1-14-6(2-3-11-14)7-4-8(16)13-9-10-5-12-15(7)9/h2-5H,1H3,(H,10,12,13,16). The Morgan fingerprint density at radius 2 is 2.19 bits per heavy atom. The molecule has 0 saturated heterocycles. The minimum Gasteiger partial charge on any atom is -0.291 e. The average Bonchev–Trinajstić information content (AvgIpc) is 2.84. The molecule has 1 N–H and O–H groups in total. The molecule has 7 heteroatoms. The van der Waals surface area contributed by atoms with Gasteiger partial charge in [0.15, 0.2) is 0 Å². The second-order valence-corrected chi connectivity index (χ2v) is 3.35. The number of hydrogen-bond donors (Lipinski definition) is 1. The maximum absolute atomic E-state index is 11.4. The molecule has 7 nitrogen and oxygen atoms in total. The van der Waals surface area contributed by atoms with Gasteiger partial charge in [-0.05, 0) is 6.07 Å². The molecule has 0 fully saturated rings. The van der Waals surface area contributed by atoms with E-state index in [1.807, 2.05) is 6.07 Å². The van der Waals surface area contributed by atoms with Gasteiger partial charge >= 0.3 is 0 Å². The van der Waals surface area contributed by atoms with Gasteiger partial charge in [-0.3, -0.25) is 14.5 Å². The summed E-state index contributed by atoms with van der Waals surface area (Å²) in [5.41, 5.74) is 1.26. The van der Waals surface area contributed by atoms with Gasteiger partial charge in [0, 0.05) is 19.3 Å². The number of aromatic nitrogens is 6. The molecule has 3 rings (SSSR count). The van der Waals surface area contributed by atoms with Crippen LogP contribution in [0.15, 0.2) is 29.5 Å². The Hall–Kier alpha value is -2.44. The van der Waals surface area contributed by atoms with E-state index < -0.39 is 0 Å². The van der Waals surface area contributed by atoms with Crippen molar-refractivity contribution in [1.29, 1.82) is 0 Å². The molecule has 3 aromatic heterocycles. The lowest BCUT2D eigenvalue weighted by atomic mass is 10.3. The molecule has 80 valence electrons. The highest BCUT2D eigenvalue weighted by Crippen LogP contribution is 2.15. The van der Waals surface area contributed by atoms with E-state index >= 15 is 0 Å². The molecule has 0 saturated carbocycles. The van der Waals surface area contributed by atoms with Gasteiger partial charge in [0.1, 0.15) is 6.33 Å². The fourth-order valence-corrected chi connectivity index (χ4v) is 1.64. The van der Waals surface area contributed by atoms with Gasteiger partial charge in [0.2, 0.25) is 5.78 Å². The number of fused-ring (bicyclic) bond motifs is 1. The molecule has 0 atom stereocenters. The summed E-state index contributed by atoms with van der Waals surface area (Å²) in [4.78, 5) is 18.0. The zero-order valence-electron chi connectivity index (χ0n) is 8.45. The number of hydrogen-bond acceptors (Lipinski definition) is 4. The van der Waals surface area contributed by atoms with Gasteiger partial charge in [-0.2, -0.15) is 19.7 Å². The number of aryl methyl sites for hydroxylation is 1. The van der Waals surface area contributed by atoms with Crippen molar-refractivity contribution in [2.75, 3.05) is 0 Å². The van der Waals surface area contributed by atoms with Crippen molar-refractivity contribution in [1.82, 2.24) is 29.4 Å². The van der Waals surface area contributed by atoms with Crippen LogP contribution in [-0.2, 0) is 7.05 Å². The van der Waals surface area contributed by atoms with Crippen LogP contribution in [0.1, 0.15) is 0 Å². The monoisotopic (exact) mass is 216 g/mol. The highest BCUT2D eigenvalue weighted by Gasteiger charge is 2.09. The predicted molar refractivity (Wildman–Crippen MR) is 55.8 cm³/mol. The third-order valence-corrected chi connectivity index (χ3v) is 2.36. The molecule has 0 aliphatic carbocycles. The molecule has 0 aromatic carbocycles. The number of nitrogens with one attached hydrogen (secondary N) is 1. The highest BCUT2D eigenvalue weighted by molar-refractivity contribution is 5.56. The van der Waals surface area contributed by atoms with Crippen molar-refractivity contribution < 1.29 is 0 Å². The van der Waals surface area contributed by atoms with Crippen LogP contribution in [0, 0.1) is 0 Å². The molecule has 0 unspecified atom stereocenters. The second-order valence-electron chi connectivity index (χ2n) is 3.35. The third-order valence-electron chi connectivity index (χ3n) is 2.36. The van der Waals surface area contributed by atoms with Crippen molar-refractivity contribution >= 4 is 5.78 Å². The summed E-state index contributed by atoms with van der Waals surface area (Å²) in [6.45, 7) is 0. The van der Waals surface area contributed by atoms with Crippen LogP contribution in [0.3, 0.4) is 0 Å². The third kappa shape index (κ3) is 1.14. The van der Waals surface area contributed by atoms with Crippen LogP contribution in [-0.4, -0.2) is 29.4 Å². The zero-order valence-corrected chi connectivity index (χ0v) is 8.45. The van der Waals surface area contributed by atoms with E-state index in [1.165, 1.54) is 12.4 Å². The molecule has 0 aliphatic rings. The topological polar surface area (TPSA) is 80.9 Å². The first-order chi connectivity index (χ1) is 7.75. The Balaban J connectivity index is 2.43. The van der Waals surface area contributed by atoms with E-state index in [9.17, 15) is 4.79 Å². The van der Waals surface area contributed by atoms with E-state index in [4.69, 9.17) is 0 Å². The lowest BCUT2D eigenvalue weighted by Crippen LogP contribution is -2.11. The first-order valence-corrected chi connectivity index (χ1v) is 4.67. The summed E-state index contributed by atoms with van der Waals surface area (Å²) >= 11 is 0. The first-order valence-electron chi connectivity index (χ1n) is 4.67. The molecule has 0 aliphatic heterocycles. The Kier molecular flexibility index (Phi) is 1.67. The number of nitrogens with zero attached hydrogens (tertiary/aromatic N) is 5. The maximum atomic E-state index is 11.4. The van der Waals surface area contributed by atoms with Crippen molar-refractivity contribution in [2.45, 2.75) is 0 Å². The summed E-state index contributed by atoms with van der Waals surface area (Å²) in [5, 5.41) is 8.11. The Bertz CT molecular complexity index is 706. The van der Waals surface area contributed by atoms with E-state index in [0.717, 1.165) is 5.69 Å². The Labute approximate surface area is 89.4 Å². The highest BCUT2D eigenvalue weighted by atomic mass is 16.1.